The molecule has 0 unspecified atom stereocenters. The Morgan fingerprint density at radius 1 is 1.50 bits per heavy atom. The van der Waals surface area contributed by atoms with Gasteiger partial charge >= 0.3 is 0 Å². The fraction of sp³-hybridized carbons (Fsp3) is 0.500. The van der Waals surface area contributed by atoms with Crippen LogP contribution in [0.25, 0.3) is 0 Å². The quantitative estimate of drug-likeness (QED) is 0.928. The van der Waals surface area contributed by atoms with Gasteiger partial charge in [0.2, 0.25) is 0 Å². The molecule has 2 N–H and O–H groups in total. The lowest BCUT2D eigenvalue weighted by molar-refractivity contribution is 0.545. The van der Waals surface area contributed by atoms with Crippen LogP contribution < -0.4 is 5.73 Å². The topological polar surface area (TPSA) is 60.2 Å². The Morgan fingerprint density at radius 2 is 2.07 bits per heavy atom. The predicted molar refractivity (Wildman–Crippen MR) is 62.3 cm³/mol. The summed E-state index contributed by atoms with van der Waals surface area (Å²) < 4.78 is 24.7. The van der Waals surface area contributed by atoms with Crippen LogP contribution in [0.3, 0.4) is 0 Å². The van der Waals surface area contributed by atoms with E-state index in [0.29, 0.717) is 4.21 Å². The summed E-state index contributed by atoms with van der Waals surface area (Å²) in [7, 11) is -3.23. The molecule has 14 heavy (non-hydrogen) atoms. The van der Waals surface area contributed by atoms with Crippen molar-refractivity contribution in [1.29, 1.82) is 0 Å². The molecule has 80 valence electrons. The number of hydrogen-bond acceptors (Lipinski definition) is 4. The minimum absolute atomic E-state index is 0.0348. The van der Waals surface area contributed by atoms with Gasteiger partial charge in [0.1, 0.15) is 4.21 Å². The molecule has 3 nitrogen and oxygen atoms in total. The van der Waals surface area contributed by atoms with Crippen molar-refractivity contribution >= 4 is 37.1 Å². The highest BCUT2D eigenvalue weighted by Crippen LogP contribution is 2.27. The first-order valence-electron chi connectivity index (χ1n) is 3.98. The third kappa shape index (κ3) is 3.34. The molecule has 0 bridgehead atoms. The highest BCUT2D eigenvalue weighted by molar-refractivity contribution is 9.11. The number of thiophene rings is 1. The van der Waals surface area contributed by atoms with Crippen molar-refractivity contribution in [3.63, 3.8) is 0 Å². The van der Waals surface area contributed by atoms with Crippen LogP contribution in [0.5, 0.6) is 0 Å². The first kappa shape index (κ1) is 12.2. The van der Waals surface area contributed by atoms with Gasteiger partial charge in [-0.25, -0.2) is 8.42 Å². The van der Waals surface area contributed by atoms with Gasteiger partial charge in [0.25, 0.3) is 0 Å². The van der Waals surface area contributed by atoms with Gasteiger partial charge in [-0.05, 0) is 41.9 Å². The van der Waals surface area contributed by atoms with Crippen LogP contribution in [0.2, 0.25) is 0 Å². The second-order valence-corrected chi connectivity index (χ2v) is 8.49. The van der Waals surface area contributed by atoms with E-state index >= 15 is 0 Å². The average Bonchev–Trinajstić information content (AvgIpc) is 2.29. The Kier molecular flexibility index (Phi) is 3.41. The molecular formula is C8H12BrNO2S2. The standard InChI is InChI=1S/C8H12BrNO2S2/c1-8(2,10)5-14(11,12)7-4-3-6(9)13-7/h3-4H,5,10H2,1-2H3. The van der Waals surface area contributed by atoms with E-state index in [0.717, 1.165) is 3.79 Å². The van der Waals surface area contributed by atoms with Gasteiger partial charge < -0.3 is 5.73 Å². The maximum atomic E-state index is 11.8. The summed E-state index contributed by atoms with van der Waals surface area (Å²) in [6, 6.07) is 3.32. The molecule has 0 saturated heterocycles. The fourth-order valence-corrected chi connectivity index (χ4v) is 4.82. The van der Waals surface area contributed by atoms with Crippen LogP contribution in [0.1, 0.15) is 13.8 Å². The maximum Gasteiger partial charge on any atom is 0.189 e. The molecule has 1 aromatic heterocycles. The first-order valence-corrected chi connectivity index (χ1v) is 7.24. The van der Waals surface area contributed by atoms with E-state index < -0.39 is 15.4 Å². The number of sulfone groups is 1. The van der Waals surface area contributed by atoms with Crippen molar-refractivity contribution in [3.8, 4) is 0 Å². The number of halogens is 1. The van der Waals surface area contributed by atoms with E-state index in [-0.39, 0.29) is 5.75 Å². The lowest BCUT2D eigenvalue weighted by Gasteiger charge is -2.17. The summed E-state index contributed by atoms with van der Waals surface area (Å²) in [5.41, 5.74) is 4.98. The summed E-state index contributed by atoms with van der Waals surface area (Å²) in [5.74, 6) is -0.0348. The Hall–Kier alpha value is 0.0900. The van der Waals surface area contributed by atoms with Gasteiger partial charge in [-0.2, -0.15) is 0 Å². The average molecular weight is 298 g/mol. The van der Waals surface area contributed by atoms with E-state index in [4.69, 9.17) is 5.73 Å². The summed E-state index contributed by atoms with van der Waals surface area (Å²) in [5, 5.41) is 0. The molecule has 0 spiro atoms. The summed E-state index contributed by atoms with van der Waals surface area (Å²) in [6.07, 6.45) is 0. The highest BCUT2D eigenvalue weighted by atomic mass is 79.9. The third-order valence-electron chi connectivity index (χ3n) is 1.42. The summed E-state index contributed by atoms with van der Waals surface area (Å²) in [4.78, 5) is 0. The lowest BCUT2D eigenvalue weighted by atomic mass is 10.1. The zero-order chi connectivity index (χ0) is 11.0. The molecule has 0 aliphatic carbocycles. The molecule has 0 aromatic carbocycles. The predicted octanol–water partition coefficient (Wildman–Crippen LogP) is 2.02. The van der Waals surface area contributed by atoms with Gasteiger partial charge in [-0.15, -0.1) is 11.3 Å². The first-order chi connectivity index (χ1) is 6.21. The molecule has 1 rings (SSSR count). The van der Waals surface area contributed by atoms with Crippen molar-refractivity contribution in [1.82, 2.24) is 0 Å². The molecule has 0 atom stereocenters. The van der Waals surface area contributed by atoms with Crippen molar-refractivity contribution in [2.75, 3.05) is 5.75 Å². The van der Waals surface area contributed by atoms with E-state index in [1.165, 1.54) is 11.3 Å². The van der Waals surface area contributed by atoms with Crippen LogP contribution in [0, 0.1) is 0 Å². The fourth-order valence-electron chi connectivity index (χ4n) is 1.03. The zero-order valence-corrected chi connectivity index (χ0v) is 11.2. The molecule has 0 aliphatic heterocycles. The molecule has 6 heteroatoms. The maximum absolute atomic E-state index is 11.8. The van der Waals surface area contributed by atoms with Gasteiger partial charge in [0.05, 0.1) is 9.54 Å². The monoisotopic (exact) mass is 297 g/mol. The summed E-state index contributed by atoms with van der Waals surface area (Å²) in [6.45, 7) is 3.40. The largest absolute Gasteiger partial charge is 0.325 e. The Morgan fingerprint density at radius 3 is 2.43 bits per heavy atom. The van der Waals surface area contributed by atoms with E-state index in [1.807, 2.05) is 0 Å². The number of rotatable bonds is 3. The van der Waals surface area contributed by atoms with Crippen LogP contribution in [0.15, 0.2) is 20.1 Å². The molecular weight excluding hydrogens is 286 g/mol. The minimum Gasteiger partial charge on any atom is -0.325 e. The van der Waals surface area contributed by atoms with Crippen molar-refractivity contribution < 1.29 is 8.42 Å². The Balaban J connectivity index is 2.98. The van der Waals surface area contributed by atoms with Crippen LogP contribution in [0.4, 0.5) is 0 Å². The minimum atomic E-state index is -3.23. The van der Waals surface area contributed by atoms with Gasteiger partial charge in [0.15, 0.2) is 9.84 Å². The van der Waals surface area contributed by atoms with Gasteiger partial charge in [-0.3, -0.25) is 0 Å². The van der Waals surface area contributed by atoms with E-state index in [9.17, 15) is 8.42 Å². The Bertz CT molecular complexity index is 417. The zero-order valence-electron chi connectivity index (χ0n) is 7.95. The molecule has 0 saturated carbocycles. The highest BCUT2D eigenvalue weighted by Gasteiger charge is 2.24. The van der Waals surface area contributed by atoms with Crippen molar-refractivity contribution in [3.05, 3.63) is 15.9 Å². The van der Waals surface area contributed by atoms with Crippen molar-refractivity contribution in [2.45, 2.75) is 23.6 Å². The van der Waals surface area contributed by atoms with Crippen LogP contribution in [-0.4, -0.2) is 19.7 Å². The van der Waals surface area contributed by atoms with E-state index in [1.54, 1.807) is 26.0 Å². The molecule has 0 radical (unpaired) electrons. The molecule has 1 aromatic rings. The van der Waals surface area contributed by atoms with Crippen molar-refractivity contribution in [2.24, 2.45) is 5.73 Å². The smallest absolute Gasteiger partial charge is 0.189 e. The molecule has 0 amide bonds. The summed E-state index contributed by atoms with van der Waals surface area (Å²) >= 11 is 4.44. The normalized spacial score (nSPS) is 13.1. The van der Waals surface area contributed by atoms with Crippen LogP contribution in [-0.2, 0) is 9.84 Å². The second kappa shape index (κ2) is 3.92. The van der Waals surface area contributed by atoms with E-state index in [2.05, 4.69) is 15.9 Å². The second-order valence-electron chi connectivity index (χ2n) is 3.81. The molecule has 0 aliphatic rings. The van der Waals surface area contributed by atoms with Crippen LogP contribution >= 0.6 is 27.3 Å². The molecule has 0 fully saturated rings. The lowest BCUT2D eigenvalue weighted by Crippen LogP contribution is -2.39. The molecule has 1 heterocycles. The SMILES string of the molecule is CC(C)(N)CS(=O)(=O)c1ccc(Br)s1. The third-order valence-corrected chi connectivity index (χ3v) is 5.72. The van der Waals surface area contributed by atoms with Gasteiger partial charge in [-0.1, -0.05) is 0 Å². The number of nitrogens with two attached hydrogens (primary N) is 1. The number of hydrogen-bond donors (Lipinski definition) is 1. The Labute approximate surface area is 96.4 Å². The van der Waals surface area contributed by atoms with Gasteiger partial charge in [0, 0.05) is 5.54 Å².